The highest BCUT2D eigenvalue weighted by molar-refractivity contribution is 5.76. The number of rotatable bonds is 6. The molecule has 0 bridgehead atoms. The molecule has 0 radical (unpaired) electrons. The number of methoxy groups -OCH3 is 1. The van der Waals surface area contributed by atoms with Gasteiger partial charge in [0.05, 0.1) is 7.11 Å². The number of carbonyl (C=O) groups is 1. The summed E-state index contributed by atoms with van der Waals surface area (Å²) < 4.78 is 5.22. The van der Waals surface area contributed by atoms with Crippen LogP contribution in [0.15, 0.2) is 48.5 Å². The van der Waals surface area contributed by atoms with E-state index in [0.717, 1.165) is 38.1 Å². The van der Waals surface area contributed by atoms with Crippen LogP contribution in [0.3, 0.4) is 0 Å². The van der Waals surface area contributed by atoms with Crippen LogP contribution in [0.1, 0.15) is 42.4 Å². The van der Waals surface area contributed by atoms with E-state index in [2.05, 4.69) is 43.3 Å². The predicted octanol–water partition coefficient (Wildman–Crippen LogP) is 4.21. The van der Waals surface area contributed by atoms with Crippen molar-refractivity contribution in [2.45, 2.75) is 38.5 Å². The number of hydrogen-bond donors (Lipinski definition) is 0. The molecular weight excluding hydrogens is 310 g/mol. The standard InChI is InChI=1S/C22H27NO2/c1-3-17-4-6-18(7-5-17)8-13-22(24)23-15-14-20(16-23)19-9-11-21(25-2)12-10-19/h4-7,9-12,20H,3,8,13-16H2,1-2H3. The number of nitrogens with zero attached hydrogens (tertiary/aromatic N) is 1. The molecule has 0 aliphatic carbocycles. The molecule has 0 saturated carbocycles. The van der Waals surface area contributed by atoms with Crippen LogP contribution >= 0.6 is 0 Å². The lowest BCUT2D eigenvalue weighted by molar-refractivity contribution is -0.130. The Morgan fingerprint density at radius 2 is 1.76 bits per heavy atom. The fourth-order valence-corrected chi connectivity index (χ4v) is 3.49. The van der Waals surface area contributed by atoms with E-state index in [1.54, 1.807) is 7.11 Å². The summed E-state index contributed by atoms with van der Waals surface area (Å²) in [6.45, 7) is 3.86. The first-order valence-corrected chi connectivity index (χ1v) is 9.19. The zero-order valence-electron chi connectivity index (χ0n) is 15.2. The summed E-state index contributed by atoms with van der Waals surface area (Å²) >= 11 is 0. The maximum atomic E-state index is 12.5. The maximum absolute atomic E-state index is 12.5. The van der Waals surface area contributed by atoms with Gasteiger partial charge in [-0.25, -0.2) is 0 Å². The van der Waals surface area contributed by atoms with E-state index in [4.69, 9.17) is 4.74 Å². The molecule has 0 spiro atoms. The van der Waals surface area contributed by atoms with E-state index in [1.165, 1.54) is 16.7 Å². The Balaban J connectivity index is 1.51. The lowest BCUT2D eigenvalue weighted by Crippen LogP contribution is -2.28. The van der Waals surface area contributed by atoms with Crippen molar-refractivity contribution in [2.24, 2.45) is 0 Å². The van der Waals surface area contributed by atoms with Crippen molar-refractivity contribution in [1.82, 2.24) is 4.90 Å². The largest absolute Gasteiger partial charge is 0.497 e. The van der Waals surface area contributed by atoms with E-state index < -0.39 is 0 Å². The summed E-state index contributed by atoms with van der Waals surface area (Å²) in [5, 5.41) is 0. The van der Waals surface area contributed by atoms with Crippen LogP contribution in [-0.2, 0) is 17.6 Å². The average molecular weight is 337 g/mol. The van der Waals surface area contributed by atoms with Gasteiger partial charge in [0, 0.05) is 25.4 Å². The number of likely N-dealkylation sites (tertiary alicyclic amines) is 1. The van der Waals surface area contributed by atoms with Crippen LogP contribution in [0.4, 0.5) is 0 Å². The van der Waals surface area contributed by atoms with Gasteiger partial charge in [0.15, 0.2) is 0 Å². The quantitative estimate of drug-likeness (QED) is 0.790. The third kappa shape index (κ3) is 4.41. The number of carbonyl (C=O) groups excluding carboxylic acids is 1. The molecule has 1 amide bonds. The molecule has 1 atom stereocenters. The Hall–Kier alpha value is -2.29. The van der Waals surface area contributed by atoms with Crippen LogP contribution < -0.4 is 4.74 Å². The third-order valence-electron chi connectivity index (χ3n) is 5.19. The van der Waals surface area contributed by atoms with E-state index >= 15 is 0 Å². The van der Waals surface area contributed by atoms with E-state index in [-0.39, 0.29) is 5.91 Å². The summed E-state index contributed by atoms with van der Waals surface area (Å²) in [5.74, 6) is 1.60. The van der Waals surface area contributed by atoms with Crippen molar-refractivity contribution in [3.05, 3.63) is 65.2 Å². The second-order valence-corrected chi connectivity index (χ2v) is 6.77. The summed E-state index contributed by atoms with van der Waals surface area (Å²) in [4.78, 5) is 14.5. The van der Waals surface area contributed by atoms with Gasteiger partial charge in [-0.1, -0.05) is 43.3 Å². The fraction of sp³-hybridized carbons (Fsp3) is 0.409. The summed E-state index contributed by atoms with van der Waals surface area (Å²) in [7, 11) is 1.68. The number of ether oxygens (including phenoxy) is 1. The molecule has 1 fully saturated rings. The number of aryl methyl sites for hydroxylation is 2. The van der Waals surface area contributed by atoms with Crippen molar-refractivity contribution in [1.29, 1.82) is 0 Å². The molecule has 1 saturated heterocycles. The molecule has 3 rings (SSSR count). The van der Waals surface area contributed by atoms with Crippen LogP contribution in [0.2, 0.25) is 0 Å². The summed E-state index contributed by atoms with van der Waals surface area (Å²) in [6, 6.07) is 16.9. The van der Waals surface area contributed by atoms with Gasteiger partial charge in [-0.05, 0) is 48.1 Å². The van der Waals surface area contributed by atoms with Crippen molar-refractivity contribution in [3.63, 3.8) is 0 Å². The molecule has 3 heteroatoms. The van der Waals surface area contributed by atoms with Gasteiger partial charge in [-0.2, -0.15) is 0 Å². The second kappa shape index (κ2) is 8.19. The zero-order chi connectivity index (χ0) is 17.6. The Labute approximate surface area is 150 Å². The Morgan fingerprint density at radius 1 is 1.08 bits per heavy atom. The van der Waals surface area contributed by atoms with Crippen LogP contribution in [0.5, 0.6) is 5.75 Å². The lowest BCUT2D eigenvalue weighted by Gasteiger charge is -2.17. The number of hydrogen-bond acceptors (Lipinski definition) is 2. The molecule has 3 nitrogen and oxygen atoms in total. The van der Waals surface area contributed by atoms with E-state index in [0.29, 0.717) is 12.3 Å². The maximum Gasteiger partial charge on any atom is 0.222 e. The smallest absolute Gasteiger partial charge is 0.222 e. The molecule has 0 N–H and O–H groups in total. The first-order chi connectivity index (χ1) is 12.2. The molecule has 0 aromatic heterocycles. The molecule has 2 aromatic rings. The van der Waals surface area contributed by atoms with E-state index in [1.807, 2.05) is 17.0 Å². The Kier molecular flexibility index (Phi) is 5.75. The predicted molar refractivity (Wildman–Crippen MR) is 101 cm³/mol. The minimum atomic E-state index is 0.274. The monoisotopic (exact) mass is 337 g/mol. The highest BCUT2D eigenvalue weighted by Gasteiger charge is 2.26. The highest BCUT2D eigenvalue weighted by Crippen LogP contribution is 2.29. The molecule has 2 aromatic carbocycles. The Bertz CT molecular complexity index is 691. The van der Waals surface area contributed by atoms with Gasteiger partial charge in [0.2, 0.25) is 5.91 Å². The first-order valence-electron chi connectivity index (χ1n) is 9.19. The second-order valence-electron chi connectivity index (χ2n) is 6.77. The van der Waals surface area contributed by atoms with E-state index in [9.17, 15) is 4.79 Å². The van der Waals surface area contributed by atoms with Gasteiger partial charge < -0.3 is 9.64 Å². The average Bonchev–Trinajstić information content (AvgIpc) is 3.17. The van der Waals surface area contributed by atoms with Crippen molar-refractivity contribution in [2.75, 3.05) is 20.2 Å². The minimum Gasteiger partial charge on any atom is -0.497 e. The molecule has 1 heterocycles. The third-order valence-corrected chi connectivity index (χ3v) is 5.19. The topological polar surface area (TPSA) is 29.5 Å². The van der Waals surface area contributed by atoms with Crippen molar-refractivity contribution < 1.29 is 9.53 Å². The molecular formula is C22H27NO2. The van der Waals surface area contributed by atoms with Gasteiger partial charge in [0.25, 0.3) is 0 Å². The SMILES string of the molecule is CCc1ccc(CCC(=O)N2CCC(c3ccc(OC)cc3)C2)cc1. The lowest BCUT2D eigenvalue weighted by atomic mass is 9.98. The normalized spacial score (nSPS) is 16.9. The zero-order valence-corrected chi connectivity index (χ0v) is 15.2. The van der Waals surface area contributed by atoms with Crippen molar-refractivity contribution >= 4 is 5.91 Å². The highest BCUT2D eigenvalue weighted by atomic mass is 16.5. The van der Waals surface area contributed by atoms with Crippen LogP contribution in [-0.4, -0.2) is 31.0 Å². The van der Waals surface area contributed by atoms with Gasteiger partial charge >= 0.3 is 0 Å². The summed E-state index contributed by atoms with van der Waals surface area (Å²) in [5.41, 5.74) is 3.89. The molecule has 1 unspecified atom stereocenters. The van der Waals surface area contributed by atoms with Gasteiger partial charge in [-0.15, -0.1) is 0 Å². The molecule has 132 valence electrons. The summed E-state index contributed by atoms with van der Waals surface area (Å²) in [6.07, 6.45) is 3.52. The number of amides is 1. The molecule has 25 heavy (non-hydrogen) atoms. The van der Waals surface area contributed by atoms with Gasteiger partial charge in [0.1, 0.15) is 5.75 Å². The Morgan fingerprint density at radius 3 is 2.40 bits per heavy atom. The van der Waals surface area contributed by atoms with Crippen LogP contribution in [0.25, 0.3) is 0 Å². The fourth-order valence-electron chi connectivity index (χ4n) is 3.49. The van der Waals surface area contributed by atoms with Crippen molar-refractivity contribution in [3.8, 4) is 5.75 Å². The van der Waals surface area contributed by atoms with Gasteiger partial charge in [-0.3, -0.25) is 4.79 Å². The number of benzene rings is 2. The first kappa shape index (κ1) is 17.5. The van der Waals surface area contributed by atoms with Crippen LogP contribution in [0, 0.1) is 0 Å². The molecule has 1 aliphatic heterocycles. The molecule has 1 aliphatic rings. The minimum absolute atomic E-state index is 0.274.